The van der Waals surface area contributed by atoms with E-state index in [1.807, 2.05) is 63.2 Å². The molecule has 1 N–H and O–H groups in total. The van der Waals surface area contributed by atoms with Gasteiger partial charge in [0, 0.05) is 6.54 Å². The van der Waals surface area contributed by atoms with Crippen molar-refractivity contribution in [3.8, 4) is 5.75 Å². The highest BCUT2D eigenvalue weighted by Crippen LogP contribution is 2.25. The van der Waals surface area contributed by atoms with Crippen LogP contribution in [0.15, 0.2) is 42.5 Å². The Balaban J connectivity index is 1.62. The van der Waals surface area contributed by atoms with Crippen LogP contribution in [0.25, 0.3) is 0 Å². The van der Waals surface area contributed by atoms with Crippen LogP contribution in [-0.4, -0.2) is 42.5 Å². The standard InChI is InChI=1S/C22H26N2O3/c1-15-9-10-16(2)22(17(15)3)27-14-21(26)24-12-19(23-20(25)13-24)11-18-7-5-4-6-8-18/h4-10,19H,11-14H2,1-3H3,(H,23,25)/t19-/m0/s1. The lowest BCUT2D eigenvalue weighted by Crippen LogP contribution is -2.57. The molecule has 1 fully saturated rings. The lowest BCUT2D eigenvalue weighted by Gasteiger charge is -2.33. The smallest absolute Gasteiger partial charge is 0.261 e. The molecular formula is C22H26N2O3. The van der Waals surface area contributed by atoms with Crippen LogP contribution < -0.4 is 10.1 Å². The number of carbonyl (C=O) groups excluding carboxylic acids is 2. The van der Waals surface area contributed by atoms with Crippen LogP contribution in [0, 0.1) is 20.8 Å². The first-order valence-corrected chi connectivity index (χ1v) is 9.24. The minimum absolute atomic E-state index is 0.0591. The van der Waals surface area contributed by atoms with Crippen molar-refractivity contribution in [2.45, 2.75) is 33.2 Å². The normalized spacial score (nSPS) is 16.8. The predicted octanol–water partition coefficient (Wildman–Crippen LogP) is 2.56. The van der Waals surface area contributed by atoms with E-state index in [4.69, 9.17) is 4.74 Å². The average molecular weight is 366 g/mol. The number of benzene rings is 2. The topological polar surface area (TPSA) is 58.6 Å². The maximum absolute atomic E-state index is 12.6. The first-order chi connectivity index (χ1) is 12.9. The number of piperazine rings is 1. The molecular weight excluding hydrogens is 340 g/mol. The van der Waals surface area contributed by atoms with Crippen molar-refractivity contribution < 1.29 is 14.3 Å². The maximum Gasteiger partial charge on any atom is 0.261 e. The molecule has 2 amide bonds. The van der Waals surface area contributed by atoms with E-state index in [2.05, 4.69) is 5.32 Å². The van der Waals surface area contributed by atoms with Gasteiger partial charge in [-0.1, -0.05) is 42.5 Å². The highest BCUT2D eigenvalue weighted by Gasteiger charge is 2.28. The van der Waals surface area contributed by atoms with Gasteiger partial charge in [-0.15, -0.1) is 0 Å². The van der Waals surface area contributed by atoms with Crippen LogP contribution in [0.2, 0.25) is 0 Å². The van der Waals surface area contributed by atoms with Gasteiger partial charge in [0.25, 0.3) is 5.91 Å². The van der Waals surface area contributed by atoms with Crippen molar-refractivity contribution in [2.75, 3.05) is 19.7 Å². The molecule has 0 aromatic heterocycles. The largest absolute Gasteiger partial charge is 0.483 e. The van der Waals surface area contributed by atoms with Gasteiger partial charge in [-0.2, -0.15) is 0 Å². The summed E-state index contributed by atoms with van der Waals surface area (Å²) in [5, 5.41) is 2.98. The summed E-state index contributed by atoms with van der Waals surface area (Å²) in [7, 11) is 0. The van der Waals surface area contributed by atoms with Crippen molar-refractivity contribution in [3.63, 3.8) is 0 Å². The minimum Gasteiger partial charge on any atom is -0.483 e. The molecule has 1 heterocycles. The third-order valence-electron chi connectivity index (χ3n) is 5.03. The molecule has 3 rings (SSSR count). The van der Waals surface area contributed by atoms with Crippen molar-refractivity contribution in [3.05, 3.63) is 64.7 Å². The monoisotopic (exact) mass is 366 g/mol. The molecule has 5 nitrogen and oxygen atoms in total. The molecule has 1 saturated heterocycles. The lowest BCUT2D eigenvalue weighted by atomic mass is 10.0. The molecule has 1 aliphatic rings. The van der Waals surface area contributed by atoms with E-state index in [1.165, 1.54) is 0 Å². The molecule has 5 heteroatoms. The number of amides is 2. The van der Waals surface area contributed by atoms with Crippen LogP contribution in [0.1, 0.15) is 22.3 Å². The van der Waals surface area contributed by atoms with E-state index in [-0.39, 0.29) is 31.0 Å². The SMILES string of the molecule is Cc1ccc(C)c(OCC(=O)N2CC(=O)N[C@@H](Cc3ccccc3)C2)c1C. The van der Waals surface area contributed by atoms with Crippen LogP contribution >= 0.6 is 0 Å². The van der Waals surface area contributed by atoms with Gasteiger partial charge < -0.3 is 15.0 Å². The van der Waals surface area contributed by atoms with E-state index in [0.29, 0.717) is 13.0 Å². The van der Waals surface area contributed by atoms with Gasteiger partial charge >= 0.3 is 0 Å². The number of aryl methyl sites for hydroxylation is 2. The second-order valence-corrected chi connectivity index (χ2v) is 7.17. The Kier molecular flexibility index (Phi) is 5.79. The van der Waals surface area contributed by atoms with E-state index < -0.39 is 0 Å². The summed E-state index contributed by atoms with van der Waals surface area (Å²) in [5.41, 5.74) is 4.31. The second-order valence-electron chi connectivity index (χ2n) is 7.17. The number of nitrogens with one attached hydrogen (secondary N) is 1. The van der Waals surface area contributed by atoms with Gasteiger partial charge in [-0.25, -0.2) is 0 Å². The number of carbonyl (C=O) groups is 2. The van der Waals surface area contributed by atoms with Crippen LogP contribution in [0.4, 0.5) is 0 Å². The van der Waals surface area contributed by atoms with E-state index in [0.717, 1.165) is 28.0 Å². The number of ether oxygens (including phenoxy) is 1. The van der Waals surface area contributed by atoms with Gasteiger partial charge in [-0.05, 0) is 49.4 Å². The molecule has 0 radical (unpaired) electrons. The number of hydrogen-bond acceptors (Lipinski definition) is 3. The van der Waals surface area contributed by atoms with E-state index in [1.54, 1.807) is 4.90 Å². The summed E-state index contributed by atoms with van der Waals surface area (Å²) >= 11 is 0. The van der Waals surface area contributed by atoms with Gasteiger partial charge in [0.05, 0.1) is 12.6 Å². The van der Waals surface area contributed by atoms with Gasteiger partial charge in [0.15, 0.2) is 6.61 Å². The van der Waals surface area contributed by atoms with Crippen molar-refractivity contribution in [1.82, 2.24) is 10.2 Å². The van der Waals surface area contributed by atoms with Gasteiger partial charge in [0.2, 0.25) is 5.91 Å². The predicted molar refractivity (Wildman–Crippen MR) is 105 cm³/mol. The van der Waals surface area contributed by atoms with Gasteiger partial charge in [-0.3, -0.25) is 9.59 Å². The molecule has 1 atom stereocenters. The van der Waals surface area contributed by atoms with Gasteiger partial charge in [0.1, 0.15) is 5.75 Å². The molecule has 0 saturated carbocycles. The molecule has 0 unspecified atom stereocenters. The van der Waals surface area contributed by atoms with Crippen LogP contribution in [-0.2, 0) is 16.0 Å². The molecule has 0 bridgehead atoms. The molecule has 0 spiro atoms. The van der Waals surface area contributed by atoms with Crippen molar-refractivity contribution in [2.24, 2.45) is 0 Å². The zero-order valence-corrected chi connectivity index (χ0v) is 16.1. The Labute approximate surface area is 160 Å². The highest BCUT2D eigenvalue weighted by atomic mass is 16.5. The molecule has 27 heavy (non-hydrogen) atoms. The lowest BCUT2D eigenvalue weighted by molar-refractivity contribution is -0.141. The Morgan fingerprint density at radius 3 is 2.56 bits per heavy atom. The summed E-state index contributed by atoms with van der Waals surface area (Å²) in [6.45, 7) is 6.50. The maximum atomic E-state index is 12.6. The van der Waals surface area contributed by atoms with Crippen molar-refractivity contribution >= 4 is 11.8 Å². The summed E-state index contributed by atoms with van der Waals surface area (Å²) < 4.78 is 5.83. The Hall–Kier alpha value is -2.82. The molecule has 0 aliphatic carbocycles. The zero-order valence-electron chi connectivity index (χ0n) is 16.1. The molecule has 2 aromatic carbocycles. The Bertz CT molecular complexity index is 833. The summed E-state index contributed by atoms with van der Waals surface area (Å²) in [6.07, 6.45) is 0.702. The Morgan fingerprint density at radius 2 is 1.81 bits per heavy atom. The quantitative estimate of drug-likeness (QED) is 0.885. The fourth-order valence-corrected chi connectivity index (χ4v) is 3.40. The number of rotatable bonds is 5. The summed E-state index contributed by atoms with van der Waals surface area (Å²) in [6, 6.07) is 13.9. The van der Waals surface area contributed by atoms with Crippen LogP contribution in [0.5, 0.6) is 5.75 Å². The summed E-state index contributed by atoms with van der Waals surface area (Å²) in [5.74, 6) is 0.465. The zero-order chi connectivity index (χ0) is 19.4. The number of nitrogens with zero attached hydrogens (tertiary/aromatic N) is 1. The third-order valence-corrected chi connectivity index (χ3v) is 5.03. The molecule has 142 valence electrons. The highest BCUT2D eigenvalue weighted by molar-refractivity contribution is 5.87. The minimum atomic E-state index is -0.164. The molecule has 1 aliphatic heterocycles. The van der Waals surface area contributed by atoms with E-state index >= 15 is 0 Å². The fourth-order valence-electron chi connectivity index (χ4n) is 3.40. The fraction of sp³-hybridized carbons (Fsp3) is 0.364. The third kappa shape index (κ3) is 4.67. The van der Waals surface area contributed by atoms with E-state index in [9.17, 15) is 9.59 Å². The van der Waals surface area contributed by atoms with Crippen molar-refractivity contribution in [1.29, 1.82) is 0 Å². The number of hydrogen-bond donors (Lipinski definition) is 1. The Morgan fingerprint density at radius 1 is 1.11 bits per heavy atom. The summed E-state index contributed by atoms with van der Waals surface area (Å²) in [4.78, 5) is 26.3. The molecule has 2 aromatic rings. The second kappa shape index (κ2) is 8.25. The first-order valence-electron chi connectivity index (χ1n) is 9.24. The first kappa shape index (κ1) is 19.0. The van der Waals surface area contributed by atoms with Crippen LogP contribution in [0.3, 0.4) is 0 Å². The average Bonchev–Trinajstić information content (AvgIpc) is 2.65.